The third kappa shape index (κ3) is 5.45. The summed E-state index contributed by atoms with van der Waals surface area (Å²) in [5, 5.41) is 6.88. The van der Waals surface area contributed by atoms with Crippen LogP contribution in [0.3, 0.4) is 0 Å². The van der Waals surface area contributed by atoms with Crippen molar-refractivity contribution in [3.05, 3.63) is 72.4 Å². The molecule has 0 amide bonds. The highest BCUT2D eigenvalue weighted by atomic mass is 16.3. The number of likely N-dealkylation sites (tertiary alicyclic amines) is 1. The van der Waals surface area contributed by atoms with E-state index in [9.17, 15) is 0 Å². The van der Waals surface area contributed by atoms with Crippen molar-refractivity contribution in [3.63, 3.8) is 0 Å². The molecule has 0 saturated carbocycles. The molecular formula is C23H28N6O. The van der Waals surface area contributed by atoms with Crippen LogP contribution in [0, 0.1) is 0 Å². The fourth-order valence-electron chi connectivity index (χ4n) is 3.62. The summed E-state index contributed by atoms with van der Waals surface area (Å²) in [6.07, 6.45) is 5.71. The van der Waals surface area contributed by atoms with Gasteiger partial charge in [0.05, 0.1) is 17.9 Å². The van der Waals surface area contributed by atoms with E-state index in [0.29, 0.717) is 18.5 Å². The van der Waals surface area contributed by atoms with Gasteiger partial charge in [0.15, 0.2) is 5.96 Å². The van der Waals surface area contributed by atoms with E-state index in [-0.39, 0.29) is 0 Å². The molecule has 7 nitrogen and oxygen atoms in total. The monoisotopic (exact) mass is 404 g/mol. The van der Waals surface area contributed by atoms with Crippen LogP contribution in [0.4, 0.5) is 0 Å². The Morgan fingerprint density at radius 2 is 1.90 bits per heavy atom. The third-order valence-corrected chi connectivity index (χ3v) is 5.27. The first-order valence-corrected chi connectivity index (χ1v) is 10.4. The van der Waals surface area contributed by atoms with Crippen molar-refractivity contribution in [2.45, 2.75) is 32.0 Å². The Hall–Kier alpha value is -3.19. The zero-order valence-corrected chi connectivity index (χ0v) is 17.3. The number of piperidine rings is 1. The Balaban J connectivity index is 1.22. The molecule has 2 aromatic heterocycles. The quantitative estimate of drug-likeness (QED) is 0.486. The van der Waals surface area contributed by atoms with Gasteiger partial charge in [0, 0.05) is 44.5 Å². The normalized spacial score (nSPS) is 15.8. The van der Waals surface area contributed by atoms with Gasteiger partial charge >= 0.3 is 0 Å². The van der Waals surface area contributed by atoms with Crippen molar-refractivity contribution in [2.24, 2.45) is 4.99 Å². The summed E-state index contributed by atoms with van der Waals surface area (Å²) >= 11 is 0. The molecule has 3 aromatic rings. The first-order valence-electron chi connectivity index (χ1n) is 10.4. The molecule has 1 aromatic carbocycles. The third-order valence-electron chi connectivity index (χ3n) is 5.27. The summed E-state index contributed by atoms with van der Waals surface area (Å²) < 4.78 is 5.61. The molecule has 0 atom stereocenters. The number of guanidine groups is 1. The van der Waals surface area contributed by atoms with Gasteiger partial charge in [-0.3, -0.25) is 14.9 Å². The molecule has 30 heavy (non-hydrogen) atoms. The van der Waals surface area contributed by atoms with Crippen molar-refractivity contribution in [1.29, 1.82) is 0 Å². The summed E-state index contributed by atoms with van der Waals surface area (Å²) in [4.78, 5) is 15.8. The maximum Gasteiger partial charge on any atom is 0.226 e. The molecule has 1 aliphatic rings. The molecule has 0 unspecified atom stereocenters. The number of pyridine rings is 1. The highest BCUT2D eigenvalue weighted by Crippen LogP contribution is 2.18. The highest BCUT2D eigenvalue weighted by molar-refractivity contribution is 5.79. The van der Waals surface area contributed by atoms with Crippen molar-refractivity contribution in [1.82, 2.24) is 25.5 Å². The number of hydrogen-bond acceptors (Lipinski definition) is 5. The molecule has 2 N–H and O–H groups in total. The lowest BCUT2D eigenvalue weighted by Gasteiger charge is -2.32. The summed E-state index contributed by atoms with van der Waals surface area (Å²) in [5.74, 6) is 1.43. The van der Waals surface area contributed by atoms with Crippen LogP contribution in [0.25, 0.3) is 11.5 Å². The van der Waals surface area contributed by atoms with Gasteiger partial charge in [-0.2, -0.15) is 0 Å². The molecule has 0 bridgehead atoms. The molecule has 3 heterocycles. The number of nitrogens with zero attached hydrogens (tertiary/aromatic N) is 4. The minimum absolute atomic E-state index is 0.411. The molecule has 1 fully saturated rings. The van der Waals surface area contributed by atoms with Crippen LogP contribution in [0.2, 0.25) is 0 Å². The average molecular weight is 405 g/mol. The minimum atomic E-state index is 0.411. The van der Waals surface area contributed by atoms with E-state index in [4.69, 9.17) is 4.42 Å². The lowest BCUT2D eigenvalue weighted by Crippen LogP contribution is -2.48. The van der Waals surface area contributed by atoms with Crippen LogP contribution in [-0.4, -0.2) is 47.0 Å². The standard InChI is InChI=1S/C23H28N6O/c1-24-23(26-15-21-17-30-22(27-21)18-7-3-2-4-8-18)28-19-10-13-29(14-11-19)16-20-9-5-6-12-25-20/h2-9,12,17,19H,10-11,13-16H2,1H3,(H2,24,26,28). The second-order valence-corrected chi connectivity index (χ2v) is 7.45. The number of benzene rings is 1. The molecule has 156 valence electrons. The first kappa shape index (κ1) is 20.1. The molecule has 0 spiro atoms. The average Bonchev–Trinajstić information content (AvgIpc) is 3.28. The summed E-state index contributed by atoms with van der Waals surface area (Å²) in [5.41, 5.74) is 2.95. The van der Waals surface area contributed by atoms with Gasteiger partial charge in [-0.15, -0.1) is 0 Å². The predicted molar refractivity (Wildman–Crippen MR) is 118 cm³/mol. The molecular weight excluding hydrogens is 376 g/mol. The summed E-state index contributed by atoms with van der Waals surface area (Å²) in [7, 11) is 1.80. The number of oxazole rings is 1. The highest BCUT2D eigenvalue weighted by Gasteiger charge is 2.20. The number of hydrogen-bond donors (Lipinski definition) is 2. The summed E-state index contributed by atoms with van der Waals surface area (Å²) in [6, 6.07) is 16.4. The van der Waals surface area contributed by atoms with E-state index in [0.717, 1.165) is 55.4 Å². The van der Waals surface area contributed by atoms with Gasteiger partial charge in [0.25, 0.3) is 0 Å². The zero-order chi connectivity index (χ0) is 20.6. The van der Waals surface area contributed by atoms with Crippen molar-refractivity contribution in [2.75, 3.05) is 20.1 Å². The maximum absolute atomic E-state index is 5.61. The van der Waals surface area contributed by atoms with Gasteiger partial charge in [-0.05, 0) is 37.1 Å². The summed E-state index contributed by atoms with van der Waals surface area (Å²) in [6.45, 7) is 3.58. The minimum Gasteiger partial charge on any atom is -0.444 e. The fraction of sp³-hybridized carbons (Fsp3) is 0.348. The number of aromatic nitrogens is 2. The smallest absolute Gasteiger partial charge is 0.226 e. The largest absolute Gasteiger partial charge is 0.444 e. The number of nitrogens with one attached hydrogen (secondary N) is 2. The van der Waals surface area contributed by atoms with Crippen LogP contribution in [-0.2, 0) is 13.1 Å². The van der Waals surface area contributed by atoms with E-state index in [1.807, 2.05) is 48.7 Å². The van der Waals surface area contributed by atoms with Crippen LogP contribution in [0.1, 0.15) is 24.2 Å². The van der Waals surface area contributed by atoms with Crippen LogP contribution in [0.5, 0.6) is 0 Å². The SMILES string of the molecule is CN=C(NCc1coc(-c2ccccc2)n1)NC1CCN(Cc2ccccn2)CC1. The van der Waals surface area contributed by atoms with E-state index >= 15 is 0 Å². The van der Waals surface area contributed by atoms with E-state index in [1.165, 1.54) is 0 Å². The Morgan fingerprint density at radius 3 is 2.63 bits per heavy atom. The fourth-order valence-corrected chi connectivity index (χ4v) is 3.62. The number of rotatable bonds is 6. The Kier molecular flexibility index (Phi) is 6.72. The Labute approximate surface area is 177 Å². The molecule has 4 rings (SSSR count). The van der Waals surface area contributed by atoms with Crippen molar-refractivity contribution < 1.29 is 4.42 Å². The molecule has 1 saturated heterocycles. The zero-order valence-electron chi connectivity index (χ0n) is 17.3. The van der Waals surface area contributed by atoms with Crippen LogP contribution < -0.4 is 10.6 Å². The number of aliphatic imine (C=N–C) groups is 1. The molecule has 1 aliphatic heterocycles. The van der Waals surface area contributed by atoms with Gasteiger partial charge in [0.1, 0.15) is 6.26 Å². The Morgan fingerprint density at radius 1 is 1.10 bits per heavy atom. The van der Waals surface area contributed by atoms with Crippen molar-refractivity contribution >= 4 is 5.96 Å². The Bertz CT molecular complexity index is 933. The van der Waals surface area contributed by atoms with Gasteiger partial charge < -0.3 is 15.1 Å². The van der Waals surface area contributed by atoms with E-state index < -0.39 is 0 Å². The topological polar surface area (TPSA) is 78.6 Å². The van der Waals surface area contributed by atoms with Gasteiger partial charge in [-0.1, -0.05) is 24.3 Å². The lowest BCUT2D eigenvalue weighted by molar-refractivity contribution is 0.196. The predicted octanol–water partition coefficient (Wildman–Crippen LogP) is 3.07. The molecule has 0 aliphatic carbocycles. The van der Waals surface area contributed by atoms with E-state index in [1.54, 1.807) is 13.3 Å². The van der Waals surface area contributed by atoms with Crippen LogP contribution in [0.15, 0.2) is 70.4 Å². The van der Waals surface area contributed by atoms with Crippen LogP contribution >= 0.6 is 0 Å². The van der Waals surface area contributed by atoms with E-state index in [2.05, 4.69) is 36.6 Å². The molecule has 7 heteroatoms. The van der Waals surface area contributed by atoms with Gasteiger partial charge in [0.2, 0.25) is 5.89 Å². The second kappa shape index (κ2) is 10.0. The second-order valence-electron chi connectivity index (χ2n) is 7.45. The maximum atomic E-state index is 5.61. The van der Waals surface area contributed by atoms with Gasteiger partial charge in [-0.25, -0.2) is 4.98 Å². The lowest BCUT2D eigenvalue weighted by atomic mass is 10.0. The molecule has 0 radical (unpaired) electrons. The first-order chi connectivity index (χ1) is 14.8. The van der Waals surface area contributed by atoms with Crippen molar-refractivity contribution in [3.8, 4) is 11.5 Å².